The number of hydrogen-bond acceptors (Lipinski definition) is 4. The maximum absolute atomic E-state index is 9.48. The maximum Gasteiger partial charge on any atom is 0.180 e. The largest absolute Gasteiger partial charge is 0.452 e. The van der Waals surface area contributed by atoms with E-state index >= 15 is 0 Å². The van der Waals surface area contributed by atoms with Gasteiger partial charge in [0.05, 0.1) is 24.7 Å². The predicted octanol–water partition coefficient (Wildman–Crippen LogP) is 10.9. The van der Waals surface area contributed by atoms with Gasteiger partial charge in [0.25, 0.3) is 0 Å². The lowest BCUT2D eigenvalue weighted by Gasteiger charge is -2.07. The van der Waals surface area contributed by atoms with E-state index in [0.29, 0.717) is 0 Å². The van der Waals surface area contributed by atoms with E-state index in [-0.39, 0.29) is 86.5 Å². The van der Waals surface area contributed by atoms with Crippen LogP contribution in [-0.4, -0.2) is 9.97 Å². The molecule has 0 N–H and O–H groups in total. The van der Waals surface area contributed by atoms with Crippen LogP contribution in [0.4, 0.5) is 0 Å². The third kappa shape index (κ3) is 3.52. The van der Waals surface area contributed by atoms with Crippen LogP contribution in [0.3, 0.4) is 0 Å². The average Bonchev–Trinajstić information content (AvgIpc) is 3.82. The van der Waals surface area contributed by atoms with Crippen LogP contribution in [0.5, 0.6) is 0 Å². The number of hydrogen-bond donors (Lipinski definition) is 0. The third-order valence-corrected chi connectivity index (χ3v) is 8.02. The number of benzene rings is 6. The van der Waals surface area contributed by atoms with Crippen molar-refractivity contribution >= 4 is 64.4 Å². The molecule has 9 rings (SSSR count). The van der Waals surface area contributed by atoms with Gasteiger partial charge in [-0.3, -0.25) is 0 Å². The molecule has 0 unspecified atom stereocenters. The van der Waals surface area contributed by atoms with Gasteiger partial charge in [0.15, 0.2) is 5.58 Å². The smallest absolute Gasteiger partial charge is 0.180 e. The molecular weight excluding hydrogens is 532 g/mol. The van der Waals surface area contributed by atoms with Crippen LogP contribution in [-0.2, 0) is 0 Å². The highest BCUT2D eigenvalue weighted by atomic mass is 32.1. The van der Waals surface area contributed by atoms with Crippen molar-refractivity contribution in [2.75, 3.05) is 0 Å². The number of fused-ring (bicyclic) bond motifs is 7. The van der Waals surface area contributed by atoms with E-state index in [2.05, 4.69) is 9.97 Å². The summed E-state index contributed by atoms with van der Waals surface area (Å²) in [5.41, 5.74) is -0.738. The van der Waals surface area contributed by atoms with Crippen LogP contribution in [0.25, 0.3) is 86.5 Å². The first-order valence-corrected chi connectivity index (χ1v) is 13.3. The van der Waals surface area contributed by atoms with E-state index in [9.17, 15) is 1.37 Å². The second-order valence-corrected chi connectivity index (χ2v) is 10.2. The molecule has 0 saturated heterocycles. The Bertz CT molecular complexity index is 3480. The zero-order chi connectivity index (χ0) is 43.3. The molecule has 4 heteroatoms. The van der Waals surface area contributed by atoms with Crippen LogP contribution in [0.2, 0.25) is 0 Å². The Morgan fingerprint density at radius 2 is 1.38 bits per heavy atom. The Morgan fingerprint density at radius 3 is 2.36 bits per heavy atom. The lowest BCUT2D eigenvalue weighted by Crippen LogP contribution is -1.88. The van der Waals surface area contributed by atoms with E-state index in [4.69, 9.17) is 27.7 Å². The van der Waals surface area contributed by atoms with Gasteiger partial charge in [0, 0.05) is 31.1 Å². The lowest BCUT2D eigenvalue weighted by atomic mass is 9.97. The molecule has 3 aromatic heterocycles. The predicted molar refractivity (Wildman–Crippen MR) is 176 cm³/mol. The van der Waals surface area contributed by atoms with Crippen molar-refractivity contribution in [3.8, 4) is 33.5 Å². The first kappa shape index (κ1) is 11.9. The van der Waals surface area contributed by atoms with Crippen molar-refractivity contribution in [3.63, 3.8) is 0 Å². The van der Waals surface area contributed by atoms with Crippen molar-refractivity contribution in [2.24, 2.45) is 0 Å². The van der Waals surface area contributed by atoms with Crippen molar-refractivity contribution in [2.45, 2.75) is 0 Å². The summed E-state index contributed by atoms with van der Waals surface area (Å²) in [6.45, 7) is 0. The molecule has 0 spiro atoms. The molecule has 0 aliphatic heterocycles. The molecule has 9 aromatic rings. The summed E-state index contributed by atoms with van der Waals surface area (Å²) in [6.07, 6.45) is 1.11. The second-order valence-electron chi connectivity index (χ2n) is 9.22. The van der Waals surface area contributed by atoms with Gasteiger partial charge < -0.3 is 4.42 Å². The molecule has 0 atom stereocenters. The maximum atomic E-state index is 9.48. The van der Waals surface area contributed by atoms with Gasteiger partial charge in [-0.05, 0) is 57.2 Å². The highest BCUT2D eigenvalue weighted by Crippen LogP contribution is 2.41. The SMILES string of the molecule is [2H]c1c([2H])c(-c2ncnc3c2oc2ccc(-c4c([2H])c([2H])c([2H])c5c([2H])c([2H])c([2H])c([2H])c45)cc23)c([2H])c(-c2c([2H])c([2H])c([2H])c3c2sc2c([2H])c([2H])c([2H])c([2H])c23)c1[2H]. The highest BCUT2D eigenvalue weighted by molar-refractivity contribution is 7.26. The molecule has 42 heavy (non-hydrogen) atoms. The van der Waals surface area contributed by atoms with Crippen LogP contribution >= 0.6 is 11.3 Å². The van der Waals surface area contributed by atoms with Crippen molar-refractivity contribution in [1.82, 2.24) is 9.97 Å². The van der Waals surface area contributed by atoms with Gasteiger partial charge in [0.1, 0.15) is 23.1 Å². The normalized spacial score (nSPS) is 17.8. The third-order valence-electron chi connectivity index (χ3n) is 6.90. The standard InChI is InChI=1S/C38H22N2OS/c1-2-12-27-23(8-1)9-6-14-28(27)25-18-19-33-32(21-25)36-37(41-33)35(39-22-40-36)26-11-5-10-24(20-26)29-15-7-16-31-30-13-3-4-17-34(30)42-38(29)31/h1-22H/i1D,2D,3D,4D,5D,6D,7D,8D,9D,10D,11D,12D,13D,14D,15D,16D,17D,20D. The topological polar surface area (TPSA) is 38.9 Å². The fourth-order valence-corrected chi connectivity index (χ4v) is 6.10. The van der Waals surface area contributed by atoms with E-state index in [1.807, 2.05) is 0 Å². The number of rotatable bonds is 3. The van der Waals surface area contributed by atoms with Gasteiger partial charge in [-0.2, -0.15) is 0 Å². The minimum atomic E-state index is -0.691. The summed E-state index contributed by atoms with van der Waals surface area (Å²) in [5.74, 6) is 0. The quantitative estimate of drug-likeness (QED) is 0.211. The minimum Gasteiger partial charge on any atom is -0.452 e. The first-order valence-electron chi connectivity index (χ1n) is 21.5. The monoisotopic (exact) mass is 572 g/mol. The molecular formula is C38H22N2OS. The van der Waals surface area contributed by atoms with Crippen molar-refractivity contribution in [3.05, 3.63) is 133 Å². The molecule has 0 radical (unpaired) electrons. The Hall–Kier alpha value is -5.32. The highest BCUT2D eigenvalue weighted by Gasteiger charge is 2.17. The molecule has 0 aliphatic rings. The molecule has 0 fully saturated rings. The molecule has 3 heterocycles. The molecule has 0 bridgehead atoms. The molecule has 0 saturated carbocycles. The van der Waals surface area contributed by atoms with Gasteiger partial charge in [-0.15, -0.1) is 11.3 Å². The fraction of sp³-hybridized carbons (Fsp3) is 0. The Kier molecular flexibility index (Phi) is 2.57. The molecule has 0 amide bonds. The Labute approximate surface area is 270 Å². The van der Waals surface area contributed by atoms with E-state index < -0.39 is 109 Å². The fourth-order valence-electron chi connectivity index (χ4n) is 5.03. The Balaban J connectivity index is 1.33. The van der Waals surface area contributed by atoms with Crippen LogP contribution in [0.15, 0.2) is 138 Å². The zero-order valence-corrected chi connectivity index (χ0v) is 21.8. The van der Waals surface area contributed by atoms with Crippen LogP contribution < -0.4 is 0 Å². The van der Waals surface area contributed by atoms with E-state index in [0.717, 1.165) is 17.7 Å². The summed E-state index contributed by atoms with van der Waals surface area (Å²) >= 11 is 0.794. The number of furan rings is 1. The number of aromatic nitrogens is 2. The second kappa shape index (κ2) is 9.10. The molecule has 0 aliphatic carbocycles. The lowest BCUT2D eigenvalue weighted by molar-refractivity contribution is 0.667. The number of thiophene rings is 1. The van der Waals surface area contributed by atoms with Gasteiger partial charge in [-0.25, -0.2) is 9.97 Å². The number of nitrogens with zero attached hydrogens (tertiary/aromatic N) is 2. The first-order chi connectivity index (χ1) is 28.3. The summed E-state index contributed by atoms with van der Waals surface area (Å²) in [6, 6.07) is -5.62. The summed E-state index contributed by atoms with van der Waals surface area (Å²) in [4.78, 5) is 8.73. The summed E-state index contributed by atoms with van der Waals surface area (Å²) in [7, 11) is 0. The van der Waals surface area contributed by atoms with Gasteiger partial charge >= 0.3 is 0 Å². The van der Waals surface area contributed by atoms with E-state index in [1.165, 1.54) is 18.2 Å². The van der Waals surface area contributed by atoms with E-state index in [1.54, 1.807) is 0 Å². The average molecular weight is 573 g/mol. The van der Waals surface area contributed by atoms with Crippen LogP contribution in [0.1, 0.15) is 24.7 Å². The molecule has 196 valence electrons. The summed E-state index contributed by atoms with van der Waals surface area (Å²) < 4.78 is 162. The van der Waals surface area contributed by atoms with Crippen molar-refractivity contribution < 1.29 is 29.1 Å². The van der Waals surface area contributed by atoms with Crippen molar-refractivity contribution in [1.29, 1.82) is 0 Å². The summed E-state index contributed by atoms with van der Waals surface area (Å²) in [5, 5.41) is -0.237. The van der Waals surface area contributed by atoms with Gasteiger partial charge in [0.2, 0.25) is 0 Å². The molecule has 3 nitrogen and oxygen atoms in total. The Morgan fingerprint density at radius 1 is 0.619 bits per heavy atom. The minimum absolute atomic E-state index is 0.0117. The molecule has 6 aromatic carbocycles. The zero-order valence-electron chi connectivity index (χ0n) is 39.0. The van der Waals surface area contributed by atoms with Gasteiger partial charge in [-0.1, -0.05) is 103 Å². The van der Waals surface area contributed by atoms with Crippen LogP contribution in [0, 0.1) is 0 Å².